The molecule has 1 saturated heterocycles. The molecule has 0 aromatic rings. The van der Waals surface area contributed by atoms with Crippen LogP contribution in [0.3, 0.4) is 0 Å². The Bertz CT molecular complexity index is 139. The molecule has 0 amide bonds. The minimum atomic E-state index is -0.141. The fourth-order valence-corrected chi connectivity index (χ4v) is 0.947. The van der Waals surface area contributed by atoms with Crippen molar-refractivity contribution in [2.75, 3.05) is 0 Å². The van der Waals surface area contributed by atoms with Gasteiger partial charge in [-0.2, -0.15) is 0 Å². The number of carbonyl (C=O) groups excluding carboxylic acids is 1. The molecule has 52 valence electrons. The number of nitrogens with zero attached hydrogens (tertiary/aromatic N) is 1. The number of rotatable bonds is 0. The zero-order chi connectivity index (χ0) is 7.02. The highest BCUT2D eigenvalue weighted by atomic mass is 31.0. The lowest BCUT2D eigenvalue weighted by atomic mass is 10.4. The quantitative estimate of drug-likeness (QED) is 0.366. The molecule has 0 spiro atoms. The van der Waals surface area contributed by atoms with Crippen LogP contribution in [0, 0.1) is 0 Å². The SMILES string of the molecule is CC1OC(=O)C(C)N1P. The van der Waals surface area contributed by atoms with Crippen LogP contribution < -0.4 is 0 Å². The van der Waals surface area contributed by atoms with Crippen LogP contribution in [0.25, 0.3) is 0 Å². The summed E-state index contributed by atoms with van der Waals surface area (Å²) in [7, 11) is 2.46. The highest BCUT2D eigenvalue weighted by molar-refractivity contribution is 7.13. The molecular weight excluding hydrogens is 137 g/mol. The molecule has 0 bridgehead atoms. The third-order valence-corrected chi connectivity index (χ3v) is 2.36. The number of hydrogen-bond donors (Lipinski definition) is 0. The Labute approximate surface area is 56.6 Å². The summed E-state index contributed by atoms with van der Waals surface area (Å²) in [5.41, 5.74) is 0. The first-order valence-electron chi connectivity index (χ1n) is 2.86. The highest BCUT2D eigenvalue weighted by Crippen LogP contribution is 2.20. The molecule has 0 aromatic carbocycles. The Kier molecular flexibility index (Phi) is 1.73. The fourth-order valence-electron chi connectivity index (χ4n) is 0.764. The van der Waals surface area contributed by atoms with E-state index in [0.29, 0.717) is 0 Å². The van der Waals surface area contributed by atoms with Crippen molar-refractivity contribution in [3.63, 3.8) is 0 Å². The second-order valence-electron chi connectivity index (χ2n) is 2.16. The molecule has 4 heteroatoms. The van der Waals surface area contributed by atoms with Gasteiger partial charge >= 0.3 is 5.97 Å². The van der Waals surface area contributed by atoms with Crippen molar-refractivity contribution < 1.29 is 9.53 Å². The molecule has 0 saturated carbocycles. The topological polar surface area (TPSA) is 29.5 Å². The molecule has 0 aromatic heterocycles. The molecule has 1 rings (SSSR count). The van der Waals surface area contributed by atoms with E-state index < -0.39 is 0 Å². The van der Waals surface area contributed by atoms with Crippen LogP contribution in [0.5, 0.6) is 0 Å². The molecule has 1 fully saturated rings. The second-order valence-corrected chi connectivity index (χ2v) is 2.76. The normalized spacial score (nSPS) is 37.0. The van der Waals surface area contributed by atoms with E-state index >= 15 is 0 Å². The van der Waals surface area contributed by atoms with Crippen molar-refractivity contribution in [3.8, 4) is 0 Å². The number of carbonyl (C=O) groups is 1. The first-order chi connectivity index (χ1) is 4.13. The van der Waals surface area contributed by atoms with Crippen LogP contribution in [0.1, 0.15) is 13.8 Å². The van der Waals surface area contributed by atoms with Crippen molar-refractivity contribution in [2.24, 2.45) is 0 Å². The minimum Gasteiger partial charge on any atom is -0.445 e. The molecule has 0 radical (unpaired) electrons. The first-order valence-corrected chi connectivity index (χ1v) is 3.38. The molecule has 0 aliphatic carbocycles. The summed E-state index contributed by atoms with van der Waals surface area (Å²) in [6, 6.07) is -0.106. The maximum Gasteiger partial charge on any atom is 0.325 e. The maximum absolute atomic E-state index is 10.7. The summed E-state index contributed by atoms with van der Waals surface area (Å²) in [4.78, 5) is 10.7. The lowest BCUT2D eigenvalue weighted by Crippen LogP contribution is -2.24. The van der Waals surface area contributed by atoms with E-state index in [1.54, 1.807) is 0 Å². The smallest absolute Gasteiger partial charge is 0.325 e. The molecule has 3 nitrogen and oxygen atoms in total. The molecular formula is C5H10NO2P. The van der Waals surface area contributed by atoms with Gasteiger partial charge in [0.2, 0.25) is 0 Å². The van der Waals surface area contributed by atoms with Gasteiger partial charge in [-0.1, -0.05) is 9.39 Å². The largest absolute Gasteiger partial charge is 0.445 e. The molecule has 1 aliphatic heterocycles. The lowest BCUT2D eigenvalue weighted by Gasteiger charge is -2.12. The van der Waals surface area contributed by atoms with E-state index in [4.69, 9.17) is 4.74 Å². The van der Waals surface area contributed by atoms with E-state index in [1.165, 1.54) is 0 Å². The third kappa shape index (κ3) is 1.07. The summed E-state index contributed by atoms with van der Waals surface area (Å²) in [6.07, 6.45) is -0.0856. The van der Waals surface area contributed by atoms with Crippen LogP contribution in [0.15, 0.2) is 0 Å². The van der Waals surface area contributed by atoms with Gasteiger partial charge in [0, 0.05) is 0 Å². The van der Waals surface area contributed by atoms with Crippen LogP contribution in [0.2, 0.25) is 0 Å². The molecule has 1 aliphatic rings. The second kappa shape index (κ2) is 2.24. The van der Waals surface area contributed by atoms with Crippen molar-refractivity contribution in [3.05, 3.63) is 0 Å². The van der Waals surface area contributed by atoms with Gasteiger partial charge in [0.1, 0.15) is 6.04 Å². The van der Waals surface area contributed by atoms with E-state index in [2.05, 4.69) is 9.39 Å². The third-order valence-electron chi connectivity index (χ3n) is 1.49. The molecule has 3 unspecified atom stereocenters. The van der Waals surface area contributed by atoms with Gasteiger partial charge < -0.3 is 4.74 Å². The average Bonchev–Trinajstić information content (AvgIpc) is 1.98. The van der Waals surface area contributed by atoms with Gasteiger partial charge in [-0.05, 0) is 13.8 Å². The van der Waals surface area contributed by atoms with E-state index in [0.717, 1.165) is 0 Å². The Hall–Kier alpha value is -0.140. The zero-order valence-corrected chi connectivity index (χ0v) is 6.65. The molecule has 0 N–H and O–H groups in total. The van der Waals surface area contributed by atoms with Gasteiger partial charge in [-0.3, -0.25) is 4.79 Å². The van der Waals surface area contributed by atoms with Crippen LogP contribution in [-0.4, -0.2) is 22.9 Å². The Balaban J connectivity index is 2.65. The summed E-state index contributed by atoms with van der Waals surface area (Å²) in [5.74, 6) is -0.141. The predicted octanol–water partition coefficient (Wildman–Crippen LogP) is 0.370. The molecule has 3 atom stereocenters. The zero-order valence-electron chi connectivity index (χ0n) is 5.50. The first kappa shape index (κ1) is 6.97. The molecule has 9 heavy (non-hydrogen) atoms. The Morgan fingerprint density at radius 1 is 1.67 bits per heavy atom. The van der Waals surface area contributed by atoms with Crippen LogP contribution >= 0.6 is 9.39 Å². The summed E-state index contributed by atoms with van der Waals surface area (Å²) in [6.45, 7) is 3.66. The lowest BCUT2D eigenvalue weighted by molar-refractivity contribution is -0.141. The summed E-state index contributed by atoms with van der Waals surface area (Å²) in [5, 5.41) is 0. The summed E-state index contributed by atoms with van der Waals surface area (Å²) >= 11 is 0. The Morgan fingerprint density at radius 2 is 2.22 bits per heavy atom. The number of esters is 1. The number of hydrogen-bond acceptors (Lipinski definition) is 3. The number of cyclic esters (lactones) is 1. The van der Waals surface area contributed by atoms with Crippen LogP contribution in [-0.2, 0) is 9.53 Å². The fraction of sp³-hybridized carbons (Fsp3) is 0.800. The van der Waals surface area contributed by atoms with Gasteiger partial charge in [0.15, 0.2) is 6.23 Å². The van der Waals surface area contributed by atoms with Crippen molar-refractivity contribution >= 4 is 15.4 Å². The van der Waals surface area contributed by atoms with Crippen molar-refractivity contribution in [1.29, 1.82) is 0 Å². The predicted molar refractivity (Wildman–Crippen MR) is 36.6 cm³/mol. The average molecular weight is 147 g/mol. The molecule has 1 heterocycles. The van der Waals surface area contributed by atoms with Crippen molar-refractivity contribution in [2.45, 2.75) is 26.1 Å². The van der Waals surface area contributed by atoms with E-state index in [-0.39, 0.29) is 18.2 Å². The monoisotopic (exact) mass is 147 g/mol. The minimum absolute atomic E-state index is 0.0856. The highest BCUT2D eigenvalue weighted by Gasteiger charge is 2.33. The van der Waals surface area contributed by atoms with Gasteiger partial charge in [-0.25, -0.2) is 4.67 Å². The van der Waals surface area contributed by atoms with E-state index in [1.807, 2.05) is 18.5 Å². The standard InChI is InChI=1S/C5H10NO2P/c1-3-5(7)8-4(2)6(3)9/h3-4H,9H2,1-2H3. The van der Waals surface area contributed by atoms with Gasteiger partial charge in [0.05, 0.1) is 0 Å². The Morgan fingerprint density at radius 3 is 2.33 bits per heavy atom. The number of ether oxygens (including phenoxy) is 1. The maximum atomic E-state index is 10.7. The van der Waals surface area contributed by atoms with Crippen molar-refractivity contribution in [1.82, 2.24) is 4.67 Å². The van der Waals surface area contributed by atoms with Crippen LogP contribution in [0.4, 0.5) is 0 Å². The van der Waals surface area contributed by atoms with Gasteiger partial charge in [0.25, 0.3) is 0 Å². The van der Waals surface area contributed by atoms with Gasteiger partial charge in [-0.15, -0.1) is 0 Å². The van der Waals surface area contributed by atoms with E-state index in [9.17, 15) is 4.79 Å². The summed E-state index contributed by atoms with van der Waals surface area (Å²) < 4.78 is 6.66.